The van der Waals surface area contributed by atoms with Gasteiger partial charge in [0.15, 0.2) is 0 Å². The number of hydrogen-bond acceptors (Lipinski definition) is 8. The first-order valence-corrected chi connectivity index (χ1v) is 17.6. The van der Waals surface area contributed by atoms with Gasteiger partial charge in [-0.3, -0.25) is 24.0 Å². The van der Waals surface area contributed by atoms with Gasteiger partial charge in [-0.15, -0.1) is 0 Å². The lowest BCUT2D eigenvalue weighted by Gasteiger charge is -2.34. The standard InChI is InChI=1S/C34H41ClN4O8S/c1-5-29(34(41)36-26-11-7-6-8-12-26)37(21-24-10-9-13-27(18-24)46-3)33(40)22-38(31-19-25(35)15-17-32(31)47-4)48(44,45)28-16-14-23(2)30(20-28)39(42)43/h9-10,13-20,26,29H,5-8,11-12,21-22H2,1-4H3,(H,36,41). The van der Waals surface area contributed by atoms with Crippen LogP contribution in [0.15, 0.2) is 65.6 Å². The summed E-state index contributed by atoms with van der Waals surface area (Å²) in [5.74, 6) is -0.368. The zero-order chi connectivity index (χ0) is 35.0. The third-order valence-corrected chi connectivity index (χ3v) is 10.5. The van der Waals surface area contributed by atoms with E-state index >= 15 is 0 Å². The first-order chi connectivity index (χ1) is 22.9. The van der Waals surface area contributed by atoms with Gasteiger partial charge in [-0.25, -0.2) is 8.42 Å². The number of anilines is 1. The normalized spacial score (nSPS) is 14.1. The number of ether oxygens (including phenoxy) is 2. The first-order valence-electron chi connectivity index (χ1n) is 15.7. The summed E-state index contributed by atoms with van der Waals surface area (Å²) in [5.41, 5.74) is 0.477. The van der Waals surface area contributed by atoms with E-state index in [0.717, 1.165) is 42.5 Å². The van der Waals surface area contributed by atoms with Gasteiger partial charge in [-0.1, -0.05) is 56.0 Å². The maximum Gasteiger partial charge on any atom is 0.273 e. The summed E-state index contributed by atoms with van der Waals surface area (Å²) in [6.07, 6.45) is 5.04. The van der Waals surface area contributed by atoms with Gasteiger partial charge in [0.05, 0.1) is 29.7 Å². The van der Waals surface area contributed by atoms with Gasteiger partial charge < -0.3 is 19.7 Å². The topological polar surface area (TPSA) is 148 Å². The van der Waals surface area contributed by atoms with Crippen LogP contribution in [0.4, 0.5) is 11.4 Å². The molecule has 14 heteroatoms. The van der Waals surface area contributed by atoms with Crippen LogP contribution in [0.25, 0.3) is 0 Å². The second kappa shape index (κ2) is 16.2. The minimum Gasteiger partial charge on any atom is -0.497 e. The van der Waals surface area contributed by atoms with Crippen LogP contribution in [0.1, 0.15) is 56.6 Å². The van der Waals surface area contributed by atoms with Crippen molar-refractivity contribution in [3.63, 3.8) is 0 Å². The Labute approximate surface area is 286 Å². The van der Waals surface area contributed by atoms with E-state index in [-0.39, 0.29) is 46.9 Å². The lowest BCUT2D eigenvalue weighted by atomic mass is 9.95. The molecule has 1 saturated carbocycles. The number of sulfonamides is 1. The van der Waals surface area contributed by atoms with Crippen molar-refractivity contribution in [3.05, 3.63) is 86.9 Å². The van der Waals surface area contributed by atoms with Crippen molar-refractivity contribution >= 4 is 44.8 Å². The van der Waals surface area contributed by atoms with Gasteiger partial charge in [0.1, 0.15) is 24.1 Å². The molecular weight excluding hydrogens is 660 g/mol. The number of halogens is 1. The van der Waals surface area contributed by atoms with Crippen molar-refractivity contribution in [3.8, 4) is 11.5 Å². The Bertz CT molecular complexity index is 1750. The Kier molecular flexibility index (Phi) is 12.3. The molecule has 0 saturated heterocycles. The molecule has 0 aromatic heterocycles. The van der Waals surface area contributed by atoms with Crippen LogP contribution in [0.2, 0.25) is 5.02 Å². The third kappa shape index (κ3) is 8.56. The molecule has 3 aromatic rings. The lowest BCUT2D eigenvalue weighted by Crippen LogP contribution is -2.54. The molecule has 0 bridgehead atoms. The van der Waals surface area contributed by atoms with Crippen molar-refractivity contribution in [1.82, 2.24) is 10.2 Å². The van der Waals surface area contributed by atoms with E-state index < -0.39 is 44.0 Å². The molecule has 48 heavy (non-hydrogen) atoms. The number of carbonyl (C=O) groups is 2. The molecule has 2 amide bonds. The fourth-order valence-electron chi connectivity index (χ4n) is 5.88. The fourth-order valence-corrected chi connectivity index (χ4v) is 7.48. The Morgan fingerprint density at radius 2 is 1.77 bits per heavy atom. The lowest BCUT2D eigenvalue weighted by molar-refractivity contribution is -0.385. The van der Waals surface area contributed by atoms with E-state index in [0.29, 0.717) is 11.3 Å². The van der Waals surface area contributed by atoms with Crippen molar-refractivity contribution in [2.45, 2.75) is 75.9 Å². The van der Waals surface area contributed by atoms with Gasteiger partial charge in [-0.05, 0) is 68.1 Å². The van der Waals surface area contributed by atoms with E-state index in [2.05, 4.69) is 5.32 Å². The number of carbonyl (C=O) groups excluding carboxylic acids is 2. The predicted molar refractivity (Wildman–Crippen MR) is 183 cm³/mol. The number of aryl methyl sites for hydroxylation is 1. The Balaban J connectivity index is 1.81. The zero-order valence-electron chi connectivity index (χ0n) is 27.5. The fraction of sp³-hybridized carbons (Fsp3) is 0.412. The molecule has 3 aromatic carbocycles. The quantitative estimate of drug-likeness (QED) is 0.158. The maximum absolute atomic E-state index is 14.5. The number of benzene rings is 3. The molecule has 0 spiro atoms. The molecule has 258 valence electrons. The summed E-state index contributed by atoms with van der Waals surface area (Å²) >= 11 is 6.32. The summed E-state index contributed by atoms with van der Waals surface area (Å²) in [6, 6.07) is 13.9. The molecule has 1 fully saturated rings. The molecule has 0 radical (unpaired) electrons. The molecule has 1 aliphatic carbocycles. The minimum absolute atomic E-state index is 0.0148. The van der Waals surface area contributed by atoms with E-state index in [1.807, 2.05) is 0 Å². The molecule has 1 atom stereocenters. The number of nitrogens with zero attached hydrogens (tertiary/aromatic N) is 3. The largest absolute Gasteiger partial charge is 0.497 e. The van der Waals surface area contributed by atoms with Crippen LogP contribution in [-0.2, 0) is 26.2 Å². The summed E-state index contributed by atoms with van der Waals surface area (Å²) in [7, 11) is -1.78. The Hall–Kier alpha value is -4.36. The van der Waals surface area contributed by atoms with E-state index in [1.165, 1.54) is 56.4 Å². The number of nitro groups is 1. The number of rotatable bonds is 14. The van der Waals surface area contributed by atoms with Crippen molar-refractivity contribution in [2.75, 3.05) is 25.1 Å². The SMILES string of the molecule is CCC(C(=O)NC1CCCCC1)N(Cc1cccc(OC)c1)C(=O)CN(c1cc(Cl)ccc1OC)S(=O)(=O)c1ccc(C)c([N+](=O)[O-])c1. The van der Waals surface area contributed by atoms with Gasteiger partial charge >= 0.3 is 0 Å². The average Bonchev–Trinajstić information content (AvgIpc) is 3.07. The average molecular weight is 701 g/mol. The molecule has 1 N–H and O–H groups in total. The van der Waals surface area contributed by atoms with Gasteiger partial charge in [0.25, 0.3) is 15.7 Å². The highest BCUT2D eigenvalue weighted by Gasteiger charge is 2.36. The molecule has 12 nitrogen and oxygen atoms in total. The molecule has 0 aliphatic heterocycles. The molecule has 1 unspecified atom stereocenters. The van der Waals surface area contributed by atoms with Crippen molar-refractivity contribution < 1.29 is 32.4 Å². The monoisotopic (exact) mass is 700 g/mol. The number of methoxy groups -OCH3 is 2. The second-order valence-corrected chi connectivity index (χ2v) is 14.0. The summed E-state index contributed by atoms with van der Waals surface area (Å²) in [5, 5.41) is 15.0. The Morgan fingerprint density at radius 3 is 2.42 bits per heavy atom. The number of nitrogens with one attached hydrogen (secondary N) is 1. The van der Waals surface area contributed by atoms with Crippen LogP contribution < -0.4 is 19.1 Å². The molecular formula is C34H41ClN4O8S. The third-order valence-electron chi connectivity index (χ3n) is 8.48. The molecule has 0 heterocycles. The number of hydrogen-bond donors (Lipinski definition) is 1. The summed E-state index contributed by atoms with van der Waals surface area (Å²) in [6.45, 7) is 2.49. The summed E-state index contributed by atoms with van der Waals surface area (Å²) in [4.78, 5) is 40.3. The van der Waals surface area contributed by atoms with Gasteiger partial charge in [0, 0.05) is 29.2 Å². The van der Waals surface area contributed by atoms with E-state index in [9.17, 15) is 28.1 Å². The van der Waals surface area contributed by atoms with Crippen LogP contribution in [0.3, 0.4) is 0 Å². The van der Waals surface area contributed by atoms with Gasteiger partial charge in [0.2, 0.25) is 11.8 Å². The highest BCUT2D eigenvalue weighted by Crippen LogP contribution is 2.36. The zero-order valence-corrected chi connectivity index (χ0v) is 29.1. The minimum atomic E-state index is -4.64. The van der Waals surface area contributed by atoms with Crippen LogP contribution in [0, 0.1) is 17.0 Å². The van der Waals surface area contributed by atoms with Crippen molar-refractivity contribution in [2.24, 2.45) is 0 Å². The van der Waals surface area contributed by atoms with E-state index in [1.54, 1.807) is 31.2 Å². The molecule has 4 rings (SSSR count). The number of nitro benzene ring substituents is 1. The predicted octanol–water partition coefficient (Wildman–Crippen LogP) is 6.03. The maximum atomic E-state index is 14.5. The first kappa shape index (κ1) is 36.5. The highest BCUT2D eigenvalue weighted by atomic mass is 35.5. The summed E-state index contributed by atoms with van der Waals surface area (Å²) < 4.78 is 40.4. The smallest absolute Gasteiger partial charge is 0.273 e. The highest BCUT2D eigenvalue weighted by molar-refractivity contribution is 7.92. The Morgan fingerprint density at radius 1 is 1.04 bits per heavy atom. The number of amides is 2. The second-order valence-electron chi connectivity index (χ2n) is 11.7. The van der Waals surface area contributed by atoms with Crippen LogP contribution >= 0.6 is 11.6 Å². The van der Waals surface area contributed by atoms with Crippen LogP contribution in [0.5, 0.6) is 11.5 Å². The molecule has 1 aliphatic rings. The van der Waals surface area contributed by atoms with Crippen LogP contribution in [-0.4, -0.2) is 62.9 Å². The van der Waals surface area contributed by atoms with Crippen molar-refractivity contribution in [1.29, 1.82) is 0 Å². The van der Waals surface area contributed by atoms with E-state index in [4.69, 9.17) is 21.1 Å². The van der Waals surface area contributed by atoms with Gasteiger partial charge in [-0.2, -0.15) is 0 Å².